The Labute approximate surface area is 88.9 Å². The van der Waals surface area contributed by atoms with Gasteiger partial charge in [-0.2, -0.15) is 0 Å². The topological polar surface area (TPSA) is 30.7 Å². The molecule has 5 heteroatoms. The van der Waals surface area contributed by atoms with Gasteiger partial charge in [-0.15, -0.1) is 0 Å². The molecule has 0 saturated carbocycles. The van der Waals surface area contributed by atoms with E-state index >= 15 is 0 Å². The Balaban J connectivity index is 2.87. The molecule has 67 valence electrons. The van der Waals surface area contributed by atoms with Gasteiger partial charge in [0, 0.05) is 12.7 Å². The van der Waals surface area contributed by atoms with Crippen LogP contribution in [0.25, 0.3) is 11.0 Å². The first kappa shape index (κ1) is 8.97. The summed E-state index contributed by atoms with van der Waals surface area (Å²) in [7, 11) is 0. The number of nitrogens with zero attached hydrogens (tertiary/aromatic N) is 3. The average molecular weight is 260 g/mol. The second kappa shape index (κ2) is 3.27. The normalized spacial score (nSPS) is 11.0. The SMILES string of the molecule is CCn1[c]nc2c(Cl)ncc(Br)c21. The van der Waals surface area contributed by atoms with Gasteiger partial charge in [0.05, 0.1) is 9.99 Å². The highest BCUT2D eigenvalue weighted by molar-refractivity contribution is 9.10. The van der Waals surface area contributed by atoms with E-state index in [1.807, 2.05) is 11.5 Å². The summed E-state index contributed by atoms with van der Waals surface area (Å²) in [5.41, 5.74) is 1.64. The third-order valence-corrected chi connectivity index (χ3v) is 2.66. The number of rotatable bonds is 1. The van der Waals surface area contributed by atoms with Gasteiger partial charge in [0.25, 0.3) is 0 Å². The molecule has 0 fully saturated rings. The van der Waals surface area contributed by atoms with Crippen molar-refractivity contribution in [2.24, 2.45) is 0 Å². The maximum Gasteiger partial charge on any atom is 0.177 e. The molecule has 0 aliphatic heterocycles. The van der Waals surface area contributed by atoms with E-state index in [9.17, 15) is 0 Å². The van der Waals surface area contributed by atoms with Crippen LogP contribution in [0.3, 0.4) is 0 Å². The van der Waals surface area contributed by atoms with Gasteiger partial charge >= 0.3 is 0 Å². The lowest BCUT2D eigenvalue weighted by Crippen LogP contribution is -1.92. The molecular weight excluding hydrogens is 253 g/mol. The minimum absolute atomic E-state index is 0.418. The van der Waals surface area contributed by atoms with E-state index < -0.39 is 0 Å². The molecule has 1 radical (unpaired) electrons. The van der Waals surface area contributed by atoms with Crippen LogP contribution in [0, 0.1) is 6.33 Å². The van der Waals surface area contributed by atoms with Gasteiger partial charge < -0.3 is 4.57 Å². The minimum atomic E-state index is 0.418. The van der Waals surface area contributed by atoms with Crippen molar-refractivity contribution in [3.05, 3.63) is 22.1 Å². The summed E-state index contributed by atoms with van der Waals surface area (Å²) in [6.45, 7) is 2.84. The Bertz CT molecular complexity index is 452. The summed E-state index contributed by atoms with van der Waals surface area (Å²) < 4.78 is 2.79. The average Bonchev–Trinajstić information content (AvgIpc) is 2.56. The fraction of sp³-hybridized carbons (Fsp3) is 0.250. The fourth-order valence-corrected chi connectivity index (χ4v) is 1.88. The van der Waals surface area contributed by atoms with E-state index in [-0.39, 0.29) is 0 Å². The molecule has 13 heavy (non-hydrogen) atoms. The van der Waals surface area contributed by atoms with Crippen molar-refractivity contribution in [3.8, 4) is 0 Å². The third kappa shape index (κ3) is 1.34. The summed E-state index contributed by atoms with van der Waals surface area (Å²) in [5, 5.41) is 0.418. The van der Waals surface area contributed by atoms with Crippen LogP contribution in [0.15, 0.2) is 10.7 Å². The smallest absolute Gasteiger partial charge is 0.177 e. The zero-order chi connectivity index (χ0) is 9.42. The second-order valence-electron chi connectivity index (χ2n) is 2.55. The van der Waals surface area contributed by atoms with Crippen LogP contribution in [0.5, 0.6) is 0 Å². The van der Waals surface area contributed by atoms with Crippen molar-refractivity contribution in [2.75, 3.05) is 0 Å². The fourth-order valence-electron chi connectivity index (χ4n) is 1.19. The summed E-state index contributed by atoms with van der Waals surface area (Å²) in [4.78, 5) is 8.04. The first-order valence-electron chi connectivity index (χ1n) is 3.82. The Morgan fingerprint density at radius 3 is 3.15 bits per heavy atom. The molecule has 3 nitrogen and oxygen atoms in total. The molecule has 2 aromatic heterocycles. The van der Waals surface area contributed by atoms with Crippen molar-refractivity contribution in [3.63, 3.8) is 0 Å². The van der Waals surface area contributed by atoms with Crippen molar-refractivity contribution in [1.82, 2.24) is 14.5 Å². The van der Waals surface area contributed by atoms with E-state index in [2.05, 4.69) is 32.2 Å². The first-order valence-corrected chi connectivity index (χ1v) is 4.99. The van der Waals surface area contributed by atoms with Crippen LogP contribution in [-0.4, -0.2) is 14.5 Å². The number of hydrogen-bond acceptors (Lipinski definition) is 2. The molecule has 0 aliphatic carbocycles. The largest absolute Gasteiger partial charge is 0.321 e. The molecule has 2 heterocycles. The van der Waals surface area contributed by atoms with E-state index in [1.165, 1.54) is 0 Å². The highest BCUT2D eigenvalue weighted by atomic mass is 79.9. The van der Waals surface area contributed by atoms with Crippen LogP contribution in [0.2, 0.25) is 5.15 Å². The molecule has 0 bridgehead atoms. The van der Waals surface area contributed by atoms with E-state index in [0.717, 1.165) is 16.5 Å². The van der Waals surface area contributed by atoms with Gasteiger partial charge in [0.2, 0.25) is 0 Å². The lowest BCUT2D eigenvalue weighted by molar-refractivity contribution is 0.778. The van der Waals surface area contributed by atoms with Crippen LogP contribution >= 0.6 is 27.5 Å². The van der Waals surface area contributed by atoms with Crippen LogP contribution in [0.1, 0.15) is 6.92 Å². The standard InChI is InChI=1S/C8H6BrClN3/c1-2-13-4-12-6-7(13)5(9)3-11-8(6)10/h3H,2H2,1H3. The molecule has 0 atom stereocenters. The van der Waals surface area contributed by atoms with Crippen LogP contribution in [0.4, 0.5) is 0 Å². The summed E-state index contributed by atoms with van der Waals surface area (Å²) in [5.74, 6) is 0. The molecule has 0 aliphatic rings. The Kier molecular flexibility index (Phi) is 2.26. The maximum atomic E-state index is 5.87. The number of imidazole rings is 1. The second-order valence-corrected chi connectivity index (χ2v) is 3.76. The summed E-state index contributed by atoms with van der Waals surface area (Å²) in [6.07, 6.45) is 4.53. The van der Waals surface area contributed by atoms with Gasteiger partial charge in [-0.25, -0.2) is 9.97 Å². The molecule has 2 rings (SSSR count). The van der Waals surface area contributed by atoms with Gasteiger partial charge in [0.1, 0.15) is 5.52 Å². The van der Waals surface area contributed by atoms with Gasteiger partial charge in [-0.1, -0.05) is 11.6 Å². The van der Waals surface area contributed by atoms with Gasteiger partial charge in [-0.3, -0.25) is 0 Å². The predicted octanol–water partition coefficient (Wildman–Crippen LogP) is 2.67. The van der Waals surface area contributed by atoms with Crippen molar-refractivity contribution in [1.29, 1.82) is 0 Å². The van der Waals surface area contributed by atoms with Crippen molar-refractivity contribution >= 4 is 38.6 Å². The molecule has 0 N–H and O–H groups in total. The molecular formula is C8H6BrClN3. The monoisotopic (exact) mass is 258 g/mol. The van der Waals surface area contributed by atoms with Crippen molar-refractivity contribution < 1.29 is 0 Å². The quantitative estimate of drug-likeness (QED) is 0.737. The Morgan fingerprint density at radius 2 is 2.46 bits per heavy atom. The van der Waals surface area contributed by atoms with E-state index in [1.54, 1.807) is 6.20 Å². The summed E-state index contributed by atoms with van der Waals surface area (Å²) in [6, 6.07) is 0. The molecule has 0 aromatic carbocycles. The number of fused-ring (bicyclic) bond motifs is 1. The van der Waals surface area contributed by atoms with E-state index in [4.69, 9.17) is 11.6 Å². The van der Waals surface area contributed by atoms with Crippen molar-refractivity contribution in [2.45, 2.75) is 13.5 Å². The van der Waals surface area contributed by atoms with Crippen LogP contribution in [-0.2, 0) is 6.54 Å². The highest BCUT2D eigenvalue weighted by Gasteiger charge is 2.09. The molecule has 2 aromatic rings. The molecule has 0 spiro atoms. The number of aromatic nitrogens is 3. The third-order valence-electron chi connectivity index (χ3n) is 1.81. The Morgan fingerprint density at radius 1 is 1.69 bits per heavy atom. The van der Waals surface area contributed by atoms with Gasteiger partial charge in [0.15, 0.2) is 11.5 Å². The Hall–Kier alpha value is -0.610. The van der Waals surface area contributed by atoms with Crippen LogP contribution < -0.4 is 0 Å². The zero-order valence-corrected chi connectivity index (χ0v) is 9.22. The highest BCUT2D eigenvalue weighted by Crippen LogP contribution is 2.26. The number of aryl methyl sites for hydroxylation is 1. The first-order chi connectivity index (χ1) is 6.24. The number of hydrogen-bond donors (Lipinski definition) is 0. The molecule has 0 amide bonds. The lowest BCUT2D eigenvalue weighted by atomic mass is 10.4. The number of halogens is 2. The summed E-state index contributed by atoms with van der Waals surface area (Å²) >= 11 is 9.27. The number of pyridine rings is 1. The molecule has 0 unspecified atom stereocenters. The predicted molar refractivity (Wildman–Crippen MR) is 54.7 cm³/mol. The van der Waals surface area contributed by atoms with E-state index in [0.29, 0.717) is 10.7 Å². The zero-order valence-electron chi connectivity index (χ0n) is 6.88. The van der Waals surface area contributed by atoms with Gasteiger partial charge in [-0.05, 0) is 22.9 Å². The maximum absolute atomic E-state index is 5.87. The minimum Gasteiger partial charge on any atom is -0.321 e. The molecule has 0 saturated heterocycles. The lowest BCUT2D eigenvalue weighted by Gasteiger charge is -2.00.